The van der Waals surface area contributed by atoms with Gasteiger partial charge in [0.2, 0.25) is 0 Å². The van der Waals surface area contributed by atoms with Gasteiger partial charge in [0.25, 0.3) is 5.91 Å². The molecule has 1 N–H and O–H groups in total. The molecule has 0 spiro atoms. The predicted molar refractivity (Wildman–Crippen MR) is 87.8 cm³/mol. The van der Waals surface area contributed by atoms with Gasteiger partial charge < -0.3 is 0 Å². The minimum Gasteiger partial charge on any atom is -0.268 e. The smallest absolute Gasteiger partial charge is 0.261 e. The maximum absolute atomic E-state index is 13.7. The average Bonchev–Trinajstić information content (AvgIpc) is 2.46. The van der Waals surface area contributed by atoms with Gasteiger partial charge in [-0.3, -0.25) is 9.80 Å². The Morgan fingerprint density at radius 1 is 1.50 bits per heavy atom. The lowest BCUT2D eigenvalue weighted by Crippen LogP contribution is -2.62. The zero-order chi connectivity index (χ0) is 16.3. The summed E-state index contributed by atoms with van der Waals surface area (Å²) in [7, 11) is 0. The molecule has 1 aromatic rings. The third kappa shape index (κ3) is 3.50. The van der Waals surface area contributed by atoms with Crippen LogP contribution in [0.5, 0.6) is 0 Å². The molecule has 2 rings (SSSR count). The molecule has 3 nitrogen and oxygen atoms in total. The van der Waals surface area contributed by atoms with Crippen molar-refractivity contribution in [3.05, 3.63) is 40.7 Å². The van der Waals surface area contributed by atoms with E-state index in [4.69, 9.17) is 11.6 Å². The highest BCUT2D eigenvalue weighted by molar-refractivity contribution is 6.30. The van der Waals surface area contributed by atoms with Crippen molar-refractivity contribution in [2.24, 2.45) is 5.92 Å². The molecule has 1 aliphatic heterocycles. The van der Waals surface area contributed by atoms with Gasteiger partial charge in [0.1, 0.15) is 5.82 Å². The molecule has 5 heteroatoms. The van der Waals surface area contributed by atoms with E-state index in [1.54, 1.807) is 17.1 Å². The van der Waals surface area contributed by atoms with Gasteiger partial charge in [0, 0.05) is 23.2 Å². The summed E-state index contributed by atoms with van der Waals surface area (Å²) in [5.74, 6) is -0.273. The molecular formula is C17H22ClFN2O. The van der Waals surface area contributed by atoms with Gasteiger partial charge in [-0.15, -0.1) is 0 Å². The molecular weight excluding hydrogens is 303 g/mol. The fourth-order valence-electron chi connectivity index (χ4n) is 2.68. The zero-order valence-corrected chi connectivity index (χ0v) is 14.0. The SMILES string of the molecule is CC(C)C1(C)CCCNN1C(=O)/C=C/c1ccc(Cl)cc1F. The lowest BCUT2D eigenvalue weighted by molar-refractivity contribution is -0.142. The first-order valence-corrected chi connectivity index (χ1v) is 7.93. The summed E-state index contributed by atoms with van der Waals surface area (Å²) in [4.78, 5) is 12.5. The van der Waals surface area contributed by atoms with Crippen molar-refractivity contribution in [2.75, 3.05) is 6.54 Å². The monoisotopic (exact) mass is 324 g/mol. The average molecular weight is 325 g/mol. The molecule has 1 fully saturated rings. The number of halogens is 2. The van der Waals surface area contributed by atoms with Crippen molar-refractivity contribution < 1.29 is 9.18 Å². The second-order valence-corrected chi connectivity index (χ2v) is 6.63. The van der Waals surface area contributed by atoms with Crippen LogP contribution >= 0.6 is 11.6 Å². The summed E-state index contributed by atoms with van der Waals surface area (Å²) >= 11 is 5.72. The first-order valence-electron chi connectivity index (χ1n) is 7.55. The Kier molecular flexibility index (Phi) is 5.24. The minimum atomic E-state index is -0.435. The van der Waals surface area contributed by atoms with Crippen LogP contribution in [0.3, 0.4) is 0 Å². The van der Waals surface area contributed by atoms with E-state index in [1.807, 2.05) is 0 Å². The third-order valence-electron chi connectivity index (χ3n) is 4.47. The molecule has 0 radical (unpaired) electrons. The maximum Gasteiger partial charge on any atom is 0.261 e. The van der Waals surface area contributed by atoms with Gasteiger partial charge in [-0.2, -0.15) is 0 Å². The summed E-state index contributed by atoms with van der Waals surface area (Å²) < 4.78 is 13.7. The summed E-state index contributed by atoms with van der Waals surface area (Å²) in [5, 5.41) is 2.02. The number of carbonyl (C=O) groups excluding carboxylic acids is 1. The molecule has 0 aliphatic carbocycles. The highest BCUT2D eigenvalue weighted by atomic mass is 35.5. The molecule has 1 unspecified atom stereocenters. The summed E-state index contributed by atoms with van der Waals surface area (Å²) in [5.41, 5.74) is 3.28. The normalized spacial score (nSPS) is 22.5. The van der Waals surface area contributed by atoms with Crippen molar-refractivity contribution in [1.82, 2.24) is 10.4 Å². The number of hydrogen-bond acceptors (Lipinski definition) is 2. The molecule has 22 heavy (non-hydrogen) atoms. The van der Waals surface area contributed by atoms with E-state index in [2.05, 4.69) is 26.2 Å². The van der Waals surface area contributed by atoms with E-state index in [0.717, 1.165) is 19.4 Å². The lowest BCUT2D eigenvalue weighted by atomic mass is 9.82. The molecule has 0 bridgehead atoms. The van der Waals surface area contributed by atoms with Crippen LogP contribution in [0.1, 0.15) is 39.2 Å². The first kappa shape index (κ1) is 17.0. The van der Waals surface area contributed by atoms with Gasteiger partial charge >= 0.3 is 0 Å². The second-order valence-electron chi connectivity index (χ2n) is 6.20. The number of hydrazine groups is 1. The van der Waals surface area contributed by atoms with Crippen LogP contribution in [0.2, 0.25) is 5.02 Å². The van der Waals surface area contributed by atoms with E-state index in [1.165, 1.54) is 18.2 Å². The van der Waals surface area contributed by atoms with Crippen molar-refractivity contribution in [2.45, 2.75) is 39.2 Å². The molecule has 1 heterocycles. The Balaban J connectivity index is 2.18. The Hall–Kier alpha value is -1.39. The zero-order valence-electron chi connectivity index (χ0n) is 13.2. The first-order chi connectivity index (χ1) is 10.3. The minimum absolute atomic E-state index is 0.162. The van der Waals surface area contributed by atoms with Crippen molar-refractivity contribution >= 4 is 23.6 Å². The fourth-order valence-corrected chi connectivity index (χ4v) is 2.84. The molecule has 120 valence electrons. The summed E-state index contributed by atoms with van der Waals surface area (Å²) in [6.07, 6.45) is 4.89. The molecule has 1 aliphatic rings. The predicted octanol–water partition coefficient (Wildman–Crippen LogP) is 4.03. The van der Waals surface area contributed by atoms with Gasteiger partial charge in [0.05, 0.1) is 5.54 Å². The van der Waals surface area contributed by atoms with Crippen LogP contribution in [-0.2, 0) is 4.79 Å². The van der Waals surface area contributed by atoms with E-state index < -0.39 is 5.82 Å². The molecule has 0 saturated carbocycles. The molecule has 1 aromatic carbocycles. The van der Waals surface area contributed by atoms with E-state index in [-0.39, 0.29) is 11.4 Å². The highest BCUT2D eigenvalue weighted by Gasteiger charge is 2.39. The quantitative estimate of drug-likeness (QED) is 0.851. The Labute approximate surface area is 136 Å². The fraction of sp³-hybridized carbons (Fsp3) is 0.471. The van der Waals surface area contributed by atoms with Crippen LogP contribution < -0.4 is 5.43 Å². The van der Waals surface area contributed by atoms with Gasteiger partial charge in [-0.05, 0) is 43.9 Å². The van der Waals surface area contributed by atoms with Crippen molar-refractivity contribution in [3.8, 4) is 0 Å². The second kappa shape index (κ2) is 6.80. The highest BCUT2D eigenvalue weighted by Crippen LogP contribution is 2.31. The largest absolute Gasteiger partial charge is 0.268 e. The number of nitrogens with one attached hydrogen (secondary N) is 1. The van der Waals surface area contributed by atoms with Gasteiger partial charge in [-0.25, -0.2) is 9.82 Å². The van der Waals surface area contributed by atoms with E-state index in [9.17, 15) is 9.18 Å². The lowest BCUT2D eigenvalue weighted by Gasteiger charge is -2.47. The van der Waals surface area contributed by atoms with Crippen LogP contribution in [0, 0.1) is 11.7 Å². The summed E-state index contributed by atoms with van der Waals surface area (Å²) in [6, 6.07) is 4.40. The molecule has 1 saturated heterocycles. The number of hydrogen-bond donors (Lipinski definition) is 1. The molecule has 1 amide bonds. The summed E-state index contributed by atoms with van der Waals surface area (Å²) in [6.45, 7) is 7.07. The Morgan fingerprint density at radius 2 is 2.23 bits per heavy atom. The number of nitrogens with zero attached hydrogens (tertiary/aromatic N) is 1. The van der Waals surface area contributed by atoms with Crippen molar-refractivity contribution in [3.63, 3.8) is 0 Å². The van der Waals surface area contributed by atoms with Crippen molar-refractivity contribution in [1.29, 1.82) is 0 Å². The maximum atomic E-state index is 13.7. The van der Waals surface area contributed by atoms with Crippen LogP contribution in [0.15, 0.2) is 24.3 Å². The number of rotatable bonds is 3. The Bertz CT molecular complexity index is 588. The van der Waals surface area contributed by atoms with Crippen LogP contribution in [0.4, 0.5) is 4.39 Å². The number of amides is 1. The number of benzene rings is 1. The van der Waals surface area contributed by atoms with E-state index >= 15 is 0 Å². The van der Waals surface area contributed by atoms with Gasteiger partial charge in [-0.1, -0.05) is 31.5 Å². The molecule has 0 aromatic heterocycles. The molecule has 1 atom stereocenters. The third-order valence-corrected chi connectivity index (χ3v) is 4.71. The standard InChI is InChI=1S/C17H22ClFN2O/c1-12(2)17(3)9-4-10-20-21(17)16(22)8-6-13-5-7-14(18)11-15(13)19/h5-8,11-12,20H,4,9-10H2,1-3H3/b8-6+. The van der Waals surface area contributed by atoms with Gasteiger partial charge in [0.15, 0.2) is 0 Å². The Morgan fingerprint density at radius 3 is 2.86 bits per heavy atom. The van der Waals surface area contributed by atoms with E-state index in [0.29, 0.717) is 16.5 Å². The topological polar surface area (TPSA) is 32.3 Å². The van der Waals surface area contributed by atoms with Crippen LogP contribution in [0.25, 0.3) is 6.08 Å². The number of carbonyl (C=O) groups is 1. The van der Waals surface area contributed by atoms with Crippen LogP contribution in [-0.4, -0.2) is 23.0 Å².